The monoisotopic (exact) mass is 418 g/mol. The van der Waals surface area contributed by atoms with Crippen molar-refractivity contribution in [2.24, 2.45) is 52.3 Å². The fourth-order valence-electron chi connectivity index (χ4n) is 8.99. The summed E-state index contributed by atoms with van der Waals surface area (Å²) in [4.78, 5) is 13.5. The molecule has 0 aliphatic heterocycles. The van der Waals surface area contributed by atoms with Crippen molar-refractivity contribution in [3.8, 4) is 0 Å². The van der Waals surface area contributed by atoms with E-state index in [0.717, 1.165) is 30.6 Å². The van der Waals surface area contributed by atoms with Crippen molar-refractivity contribution in [2.75, 3.05) is 0 Å². The topological polar surface area (TPSA) is 57.5 Å². The number of fused-ring (bicyclic) bond motifs is 5. The lowest BCUT2D eigenvalue weighted by Gasteiger charge is -2.61. The molecule has 4 aliphatic carbocycles. The molecule has 172 valence electrons. The molecule has 2 N–H and O–H groups in total. The molecule has 4 aliphatic rings. The van der Waals surface area contributed by atoms with Gasteiger partial charge in [0.2, 0.25) is 0 Å². The van der Waals surface area contributed by atoms with Gasteiger partial charge in [-0.3, -0.25) is 4.79 Å². The zero-order valence-corrected chi connectivity index (χ0v) is 20.1. The Hall–Kier alpha value is -0.410. The molecule has 4 fully saturated rings. The standard InChI is InChI=1S/C27H46O3/c1-16(2)7-6-8-17(3)18-9-10-19-24-20(11-13-26(18,19)4)27(5)14-12-22(28)25(30)21(27)15-23(24)29/h16-22,24-25,28,30H,6-15H2,1-5H3/t17-,18-,19+,20+,21+,22-,24+,25+,26-,27-/m1/s1. The molecule has 4 rings (SSSR count). The lowest BCUT2D eigenvalue weighted by molar-refractivity contribution is -0.182. The Morgan fingerprint density at radius 3 is 2.27 bits per heavy atom. The molecule has 0 amide bonds. The fraction of sp³-hybridized carbons (Fsp3) is 0.963. The summed E-state index contributed by atoms with van der Waals surface area (Å²) < 4.78 is 0. The largest absolute Gasteiger partial charge is 0.390 e. The van der Waals surface area contributed by atoms with Crippen LogP contribution in [0.15, 0.2) is 0 Å². The van der Waals surface area contributed by atoms with E-state index in [1.54, 1.807) is 0 Å². The molecule has 0 aromatic heterocycles. The predicted octanol–water partition coefficient (Wildman–Crippen LogP) is 5.62. The van der Waals surface area contributed by atoms with Gasteiger partial charge in [-0.1, -0.05) is 53.9 Å². The van der Waals surface area contributed by atoms with Crippen molar-refractivity contribution in [3.05, 3.63) is 0 Å². The highest BCUT2D eigenvalue weighted by Gasteiger charge is 2.64. The third-order valence-electron chi connectivity index (χ3n) is 10.7. The number of carbonyl (C=O) groups is 1. The number of hydrogen-bond donors (Lipinski definition) is 2. The van der Waals surface area contributed by atoms with Gasteiger partial charge in [-0.2, -0.15) is 0 Å². The Morgan fingerprint density at radius 1 is 0.900 bits per heavy atom. The van der Waals surface area contributed by atoms with Gasteiger partial charge in [0.25, 0.3) is 0 Å². The zero-order valence-electron chi connectivity index (χ0n) is 20.1. The molecule has 3 heteroatoms. The first kappa shape index (κ1) is 22.8. The first-order chi connectivity index (χ1) is 14.1. The van der Waals surface area contributed by atoms with E-state index >= 15 is 0 Å². The average Bonchev–Trinajstić information content (AvgIpc) is 3.03. The Kier molecular flexibility index (Phi) is 6.21. The normalized spacial score (nSPS) is 49.5. The minimum absolute atomic E-state index is 0.0134. The molecule has 4 saturated carbocycles. The van der Waals surface area contributed by atoms with Crippen LogP contribution in [0.2, 0.25) is 0 Å². The summed E-state index contributed by atoms with van der Waals surface area (Å²) in [7, 11) is 0. The van der Waals surface area contributed by atoms with Gasteiger partial charge < -0.3 is 10.2 Å². The minimum atomic E-state index is -0.723. The average molecular weight is 419 g/mol. The van der Waals surface area contributed by atoms with Crippen LogP contribution < -0.4 is 0 Å². The molecule has 0 aromatic carbocycles. The number of rotatable bonds is 5. The molecule has 0 spiro atoms. The van der Waals surface area contributed by atoms with Gasteiger partial charge in [0.15, 0.2) is 0 Å². The van der Waals surface area contributed by atoms with Gasteiger partial charge in [0, 0.05) is 12.3 Å². The molecule has 10 atom stereocenters. The molecular weight excluding hydrogens is 372 g/mol. The molecule has 0 unspecified atom stereocenters. The number of ketones is 1. The van der Waals surface area contributed by atoms with Crippen LogP contribution in [0.5, 0.6) is 0 Å². The van der Waals surface area contributed by atoms with Gasteiger partial charge in [0.1, 0.15) is 5.78 Å². The van der Waals surface area contributed by atoms with Crippen LogP contribution in [0.3, 0.4) is 0 Å². The molecule has 0 heterocycles. The predicted molar refractivity (Wildman–Crippen MR) is 121 cm³/mol. The highest BCUT2D eigenvalue weighted by Crippen LogP contribution is 2.67. The third kappa shape index (κ3) is 3.51. The Labute approximate surface area is 184 Å². The van der Waals surface area contributed by atoms with Crippen LogP contribution in [0.25, 0.3) is 0 Å². The first-order valence-electron chi connectivity index (χ1n) is 13.0. The van der Waals surface area contributed by atoms with Crippen LogP contribution in [0.4, 0.5) is 0 Å². The van der Waals surface area contributed by atoms with Crippen LogP contribution in [-0.2, 0) is 4.79 Å². The number of aliphatic hydroxyl groups is 2. The molecule has 3 nitrogen and oxygen atoms in total. The number of hydrogen-bond acceptors (Lipinski definition) is 3. The van der Waals surface area contributed by atoms with E-state index in [4.69, 9.17) is 0 Å². The maximum Gasteiger partial charge on any atom is 0.136 e. The summed E-state index contributed by atoms with van der Waals surface area (Å²) in [6.45, 7) is 12.0. The smallest absolute Gasteiger partial charge is 0.136 e. The van der Waals surface area contributed by atoms with E-state index in [1.807, 2.05) is 0 Å². The van der Waals surface area contributed by atoms with Crippen LogP contribution in [-0.4, -0.2) is 28.2 Å². The first-order valence-corrected chi connectivity index (χ1v) is 13.0. The van der Waals surface area contributed by atoms with E-state index in [9.17, 15) is 15.0 Å². The van der Waals surface area contributed by atoms with Crippen molar-refractivity contribution < 1.29 is 15.0 Å². The molecular formula is C27H46O3. The summed E-state index contributed by atoms with van der Waals surface area (Å²) in [5.74, 6) is 3.78. The molecule has 0 saturated heterocycles. The molecule has 0 bridgehead atoms. The number of carbonyl (C=O) groups excluding carboxylic acids is 1. The van der Waals surface area contributed by atoms with Gasteiger partial charge in [-0.05, 0) is 84.9 Å². The maximum absolute atomic E-state index is 13.5. The van der Waals surface area contributed by atoms with E-state index < -0.39 is 12.2 Å². The second-order valence-corrected chi connectivity index (χ2v) is 12.6. The minimum Gasteiger partial charge on any atom is -0.390 e. The third-order valence-corrected chi connectivity index (χ3v) is 10.7. The van der Waals surface area contributed by atoms with Crippen LogP contribution in [0, 0.1) is 52.3 Å². The van der Waals surface area contributed by atoms with Gasteiger partial charge >= 0.3 is 0 Å². The quantitative estimate of drug-likeness (QED) is 0.609. The van der Waals surface area contributed by atoms with E-state index in [-0.39, 0.29) is 17.3 Å². The van der Waals surface area contributed by atoms with Gasteiger partial charge in [0.05, 0.1) is 12.2 Å². The van der Waals surface area contributed by atoms with Crippen LogP contribution in [0.1, 0.15) is 98.8 Å². The summed E-state index contributed by atoms with van der Waals surface area (Å²) in [5.41, 5.74) is 0.323. The fourth-order valence-corrected chi connectivity index (χ4v) is 8.99. The molecule has 30 heavy (non-hydrogen) atoms. The summed E-state index contributed by atoms with van der Waals surface area (Å²) in [5, 5.41) is 21.0. The molecule has 0 aromatic rings. The Balaban J connectivity index is 1.53. The van der Waals surface area contributed by atoms with Crippen LogP contribution >= 0.6 is 0 Å². The van der Waals surface area contributed by atoms with Crippen molar-refractivity contribution in [1.82, 2.24) is 0 Å². The summed E-state index contributed by atoms with van der Waals surface area (Å²) >= 11 is 0. The Bertz CT molecular complexity index is 644. The second kappa shape index (κ2) is 8.18. The maximum atomic E-state index is 13.5. The Morgan fingerprint density at radius 2 is 1.57 bits per heavy atom. The van der Waals surface area contributed by atoms with Crippen molar-refractivity contribution in [1.29, 1.82) is 0 Å². The summed E-state index contributed by atoms with van der Waals surface area (Å²) in [6, 6.07) is 0. The highest BCUT2D eigenvalue weighted by molar-refractivity contribution is 5.83. The van der Waals surface area contributed by atoms with Gasteiger partial charge in [-0.25, -0.2) is 0 Å². The van der Waals surface area contributed by atoms with E-state index in [2.05, 4.69) is 34.6 Å². The number of Topliss-reactive ketones (excluding diaryl/α,β-unsaturated/α-hetero) is 1. The number of aliphatic hydroxyl groups excluding tert-OH is 2. The lowest BCUT2D eigenvalue weighted by Crippen LogP contribution is -2.61. The molecule has 0 radical (unpaired) electrons. The van der Waals surface area contributed by atoms with E-state index in [1.165, 1.54) is 38.5 Å². The highest BCUT2D eigenvalue weighted by atomic mass is 16.3. The zero-order chi connectivity index (χ0) is 21.8. The SMILES string of the molecule is CC(C)CCC[C@@H](C)[C@H]1CC[C@H]2[C@@H]3C(=O)C[C@H]4[C@H](O)[C@H](O)CC[C@]4(C)[C@H]3CC[C@]12C. The lowest BCUT2D eigenvalue weighted by atomic mass is 9.43. The van der Waals surface area contributed by atoms with Crippen molar-refractivity contribution in [3.63, 3.8) is 0 Å². The van der Waals surface area contributed by atoms with Crippen molar-refractivity contribution in [2.45, 2.75) is 111 Å². The van der Waals surface area contributed by atoms with Crippen molar-refractivity contribution >= 4 is 5.78 Å². The van der Waals surface area contributed by atoms with Gasteiger partial charge in [-0.15, -0.1) is 0 Å². The van der Waals surface area contributed by atoms with E-state index in [0.29, 0.717) is 35.9 Å². The second-order valence-electron chi connectivity index (χ2n) is 12.6. The summed E-state index contributed by atoms with van der Waals surface area (Å²) in [6.07, 6.45) is 9.63.